The number of pyridine rings is 1. The number of aryl methyl sites for hydroxylation is 2. The molecule has 0 radical (unpaired) electrons. The maximum absolute atomic E-state index is 5.41. The second-order valence-corrected chi connectivity index (χ2v) is 6.90. The molecule has 4 rings (SSSR count). The van der Waals surface area contributed by atoms with Crippen LogP contribution in [-0.4, -0.2) is 41.3 Å². The van der Waals surface area contributed by atoms with Gasteiger partial charge in [-0.15, -0.1) is 11.3 Å². The van der Waals surface area contributed by atoms with E-state index in [9.17, 15) is 0 Å². The number of nitrogens with one attached hydrogen (secondary N) is 1. The van der Waals surface area contributed by atoms with Crippen LogP contribution in [0.15, 0.2) is 23.6 Å². The summed E-state index contributed by atoms with van der Waals surface area (Å²) in [5.41, 5.74) is 1.94. The highest BCUT2D eigenvalue weighted by Crippen LogP contribution is 2.29. The standard InChI is InChI=1S/C18H21N5OS/c1-3-15-21-17(13-6-11-25-18(13)22-15)20-14-4-5-16(19-12(14)2)23-7-9-24-10-8-23/h4-6,11H,3,7-10H2,1-2H3,(H,20,21,22). The molecule has 1 N–H and O–H groups in total. The normalized spacial score (nSPS) is 14.9. The number of hydrogen-bond acceptors (Lipinski definition) is 7. The molecule has 0 bridgehead atoms. The molecule has 0 amide bonds. The molecule has 0 spiro atoms. The van der Waals surface area contributed by atoms with Gasteiger partial charge in [-0.05, 0) is 30.5 Å². The van der Waals surface area contributed by atoms with Crippen LogP contribution in [0, 0.1) is 6.92 Å². The summed E-state index contributed by atoms with van der Waals surface area (Å²) >= 11 is 1.64. The molecule has 6 nitrogen and oxygen atoms in total. The molecule has 0 aliphatic carbocycles. The van der Waals surface area contributed by atoms with E-state index in [0.717, 1.165) is 71.8 Å². The van der Waals surface area contributed by atoms with Crippen molar-refractivity contribution in [1.29, 1.82) is 0 Å². The number of aromatic nitrogens is 3. The van der Waals surface area contributed by atoms with Crippen molar-refractivity contribution < 1.29 is 4.74 Å². The molecule has 4 heterocycles. The van der Waals surface area contributed by atoms with Gasteiger partial charge in [0.05, 0.1) is 30.0 Å². The maximum atomic E-state index is 5.41. The summed E-state index contributed by atoms with van der Waals surface area (Å²) in [6, 6.07) is 6.21. The van der Waals surface area contributed by atoms with E-state index < -0.39 is 0 Å². The van der Waals surface area contributed by atoms with Crippen LogP contribution in [0.4, 0.5) is 17.3 Å². The van der Waals surface area contributed by atoms with Crippen molar-refractivity contribution in [2.24, 2.45) is 0 Å². The lowest BCUT2D eigenvalue weighted by Crippen LogP contribution is -2.36. The van der Waals surface area contributed by atoms with E-state index in [1.165, 1.54) is 0 Å². The Bertz CT molecular complexity index is 888. The Morgan fingerprint density at radius 2 is 2.00 bits per heavy atom. The lowest BCUT2D eigenvalue weighted by atomic mass is 10.2. The summed E-state index contributed by atoms with van der Waals surface area (Å²) in [4.78, 5) is 17.3. The first-order valence-corrected chi connectivity index (χ1v) is 9.44. The molecule has 1 saturated heterocycles. The molecule has 3 aromatic rings. The third kappa shape index (κ3) is 3.29. The molecule has 0 saturated carbocycles. The van der Waals surface area contributed by atoms with Gasteiger partial charge in [-0.1, -0.05) is 6.92 Å². The van der Waals surface area contributed by atoms with Crippen LogP contribution in [0.3, 0.4) is 0 Å². The van der Waals surface area contributed by atoms with Crippen LogP contribution in [0.25, 0.3) is 10.2 Å². The van der Waals surface area contributed by atoms with Crippen LogP contribution < -0.4 is 10.2 Å². The van der Waals surface area contributed by atoms with Gasteiger partial charge < -0.3 is 15.0 Å². The summed E-state index contributed by atoms with van der Waals surface area (Å²) < 4.78 is 5.41. The molecule has 1 fully saturated rings. The van der Waals surface area contributed by atoms with Gasteiger partial charge >= 0.3 is 0 Å². The summed E-state index contributed by atoms with van der Waals surface area (Å²) in [7, 11) is 0. The van der Waals surface area contributed by atoms with Crippen molar-refractivity contribution in [3.05, 3.63) is 35.1 Å². The second-order valence-electron chi connectivity index (χ2n) is 6.01. The lowest BCUT2D eigenvalue weighted by Gasteiger charge is -2.28. The smallest absolute Gasteiger partial charge is 0.142 e. The average Bonchev–Trinajstić information content (AvgIpc) is 3.13. The summed E-state index contributed by atoms with van der Waals surface area (Å²) in [6.07, 6.45) is 0.815. The average molecular weight is 355 g/mol. The van der Waals surface area contributed by atoms with Crippen molar-refractivity contribution in [3.63, 3.8) is 0 Å². The number of fused-ring (bicyclic) bond motifs is 1. The summed E-state index contributed by atoms with van der Waals surface area (Å²) in [5.74, 6) is 2.71. The molecule has 0 atom stereocenters. The van der Waals surface area contributed by atoms with E-state index in [2.05, 4.69) is 50.7 Å². The third-order valence-corrected chi connectivity index (χ3v) is 5.15. The molecule has 25 heavy (non-hydrogen) atoms. The number of nitrogens with zero attached hydrogens (tertiary/aromatic N) is 4. The number of thiophene rings is 1. The molecule has 1 aliphatic rings. The van der Waals surface area contributed by atoms with E-state index in [1.807, 2.05) is 6.92 Å². The first-order valence-electron chi connectivity index (χ1n) is 8.56. The number of rotatable bonds is 4. The van der Waals surface area contributed by atoms with Gasteiger partial charge in [0.2, 0.25) is 0 Å². The molecular weight excluding hydrogens is 334 g/mol. The number of anilines is 3. The molecule has 0 unspecified atom stereocenters. The Hall–Kier alpha value is -2.25. The zero-order chi connectivity index (χ0) is 17.2. The van der Waals surface area contributed by atoms with Crippen LogP contribution in [0.1, 0.15) is 18.4 Å². The molecule has 0 aromatic carbocycles. The lowest BCUT2D eigenvalue weighted by molar-refractivity contribution is 0.122. The number of morpholine rings is 1. The third-order valence-electron chi connectivity index (χ3n) is 4.35. The van der Waals surface area contributed by atoms with Gasteiger partial charge in [0.1, 0.15) is 22.3 Å². The topological polar surface area (TPSA) is 63.2 Å². The van der Waals surface area contributed by atoms with Gasteiger partial charge in [0.25, 0.3) is 0 Å². The molecular formula is C18H21N5OS. The zero-order valence-electron chi connectivity index (χ0n) is 14.5. The van der Waals surface area contributed by atoms with E-state index in [0.29, 0.717) is 0 Å². The SMILES string of the molecule is CCc1nc(Nc2ccc(N3CCOCC3)nc2C)c2ccsc2n1. The van der Waals surface area contributed by atoms with Crippen LogP contribution in [0.2, 0.25) is 0 Å². The molecule has 130 valence electrons. The van der Waals surface area contributed by atoms with E-state index in [4.69, 9.17) is 9.72 Å². The van der Waals surface area contributed by atoms with Gasteiger partial charge in [-0.25, -0.2) is 15.0 Å². The predicted octanol–water partition coefficient (Wildman–Crippen LogP) is 3.54. The Balaban J connectivity index is 1.63. The largest absolute Gasteiger partial charge is 0.378 e. The van der Waals surface area contributed by atoms with Crippen LogP contribution in [0.5, 0.6) is 0 Å². The molecule has 3 aromatic heterocycles. The first-order chi connectivity index (χ1) is 12.2. The van der Waals surface area contributed by atoms with E-state index in [-0.39, 0.29) is 0 Å². The van der Waals surface area contributed by atoms with E-state index >= 15 is 0 Å². The fourth-order valence-electron chi connectivity index (χ4n) is 2.93. The van der Waals surface area contributed by atoms with Crippen molar-refractivity contribution in [3.8, 4) is 0 Å². The highest BCUT2D eigenvalue weighted by atomic mass is 32.1. The monoisotopic (exact) mass is 355 g/mol. The Morgan fingerprint density at radius 1 is 1.16 bits per heavy atom. The number of hydrogen-bond donors (Lipinski definition) is 1. The highest BCUT2D eigenvalue weighted by molar-refractivity contribution is 7.16. The fraction of sp³-hybridized carbons (Fsp3) is 0.389. The van der Waals surface area contributed by atoms with Crippen molar-refractivity contribution in [1.82, 2.24) is 15.0 Å². The molecule has 7 heteroatoms. The van der Waals surface area contributed by atoms with Gasteiger partial charge in [0, 0.05) is 19.5 Å². The van der Waals surface area contributed by atoms with Crippen molar-refractivity contribution in [2.75, 3.05) is 36.5 Å². The quantitative estimate of drug-likeness (QED) is 0.772. The first kappa shape index (κ1) is 16.2. The van der Waals surface area contributed by atoms with Gasteiger partial charge in [0.15, 0.2) is 0 Å². The second kappa shape index (κ2) is 6.93. The maximum Gasteiger partial charge on any atom is 0.142 e. The van der Waals surface area contributed by atoms with Gasteiger partial charge in [-0.3, -0.25) is 0 Å². The minimum atomic E-state index is 0.762. The summed E-state index contributed by atoms with van der Waals surface area (Å²) in [5, 5.41) is 6.56. The summed E-state index contributed by atoms with van der Waals surface area (Å²) in [6.45, 7) is 7.40. The van der Waals surface area contributed by atoms with Crippen LogP contribution >= 0.6 is 11.3 Å². The van der Waals surface area contributed by atoms with Crippen molar-refractivity contribution >= 4 is 38.9 Å². The Labute approximate surface area is 150 Å². The van der Waals surface area contributed by atoms with Gasteiger partial charge in [-0.2, -0.15) is 0 Å². The Kier molecular flexibility index (Phi) is 4.50. The Morgan fingerprint density at radius 3 is 2.76 bits per heavy atom. The van der Waals surface area contributed by atoms with E-state index in [1.54, 1.807) is 11.3 Å². The number of ether oxygens (including phenoxy) is 1. The zero-order valence-corrected chi connectivity index (χ0v) is 15.3. The highest BCUT2D eigenvalue weighted by Gasteiger charge is 2.14. The van der Waals surface area contributed by atoms with Crippen molar-refractivity contribution in [2.45, 2.75) is 20.3 Å². The molecule has 1 aliphatic heterocycles. The predicted molar refractivity (Wildman–Crippen MR) is 102 cm³/mol. The minimum Gasteiger partial charge on any atom is -0.378 e. The minimum absolute atomic E-state index is 0.762. The van der Waals surface area contributed by atoms with Crippen LogP contribution in [-0.2, 0) is 11.2 Å². The fourth-order valence-corrected chi connectivity index (χ4v) is 3.71.